The number of amides is 3. The molecule has 0 spiro atoms. The second-order valence-electron chi connectivity index (χ2n) is 10.2. The first-order valence-corrected chi connectivity index (χ1v) is 14.1. The molecule has 13 nitrogen and oxygen atoms in total. The van der Waals surface area contributed by atoms with Crippen molar-refractivity contribution in [2.75, 3.05) is 52.3 Å². The van der Waals surface area contributed by atoms with E-state index in [1.165, 1.54) is 23.8 Å². The van der Waals surface area contributed by atoms with Crippen molar-refractivity contribution in [2.24, 2.45) is 22.9 Å². The number of carbonyl (C=O) groups is 4. The molecular formula is C23H29N7O6S2. The lowest BCUT2D eigenvalue weighted by Crippen LogP contribution is -2.72. The molecule has 1 saturated carbocycles. The molecule has 4 heterocycles. The Bertz CT molecular complexity index is 1260. The number of nitrogens with one attached hydrogen (secondary N) is 2. The first kappa shape index (κ1) is 26.4. The van der Waals surface area contributed by atoms with Gasteiger partial charge in [-0.05, 0) is 5.92 Å². The van der Waals surface area contributed by atoms with Crippen molar-refractivity contribution in [1.29, 1.82) is 0 Å². The molecule has 3 fully saturated rings. The molecule has 5 rings (SSSR count). The van der Waals surface area contributed by atoms with Gasteiger partial charge in [0.15, 0.2) is 10.8 Å². The fourth-order valence-corrected chi connectivity index (χ4v) is 7.89. The van der Waals surface area contributed by atoms with E-state index in [-0.39, 0.29) is 40.0 Å². The topological polar surface area (TPSA) is 179 Å². The number of carbonyl (C=O) groups excluding carboxylic acids is 4. The van der Waals surface area contributed by atoms with Crippen LogP contribution >= 0.6 is 23.1 Å². The number of hydrogen-bond donors (Lipinski definition) is 3. The first-order chi connectivity index (χ1) is 18.1. The van der Waals surface area contributed by atoms with Gasteiger partial charge in [-0.3, -0.25) is 19.3 Å². The maximum atomic E-state index is 13.1. The average molecular weight is 564 g/mol. The Kier molecular flexibility index (Phi) is 6.86. The molecule has 1 aliphatic carbocycles. The van der Waals surface area contributed by atoms with E-state index < -0.39 is 29.2 Å². The van der Waals surface area contributed by atoms with E-state index >= 15 is 0 Å². The van der Waals surface area contributed by atoms with Crippen molar-refractivity contribution in [3.8, 4) is 0 Å². The number of nitrogen functional groups attached to an aromatic ring is 1. The summed E-state index contributed by atoms with van der Waals surface area (Å²) in [7, 11) is 4.99. The Morgan fingerprint density at radius 2 is 2.13 bits per heavy atom. The average Bonchev–Trinajstić information content (AvgIpc) is 3.42. The van der Waals surface area contributed by atoms with Crippen LogP contribution in [-0.2, 0) is 24.0 Å². The second kappa shape index (κ2) is 9.85. The highest BCUT2D eigenvalue weighted by Crippen LogP contribution is 2.53. The third kappa shape index (κ3) is 4.52. The summed E-state index contributed by atoms with van der Waals surface area (Å²) in [6.45, 7) is 2.04. The number of quaternary nitrogens is 1. The summed E-state index contributed by atoms with van der Waals surface area (Å²) in [4.78, 5) is 60.5. The van der Waals surface area contributed by atoms with Crippen LogP contribution in [0.15, 0.2) is 21.8 Å². The number of carboxylic acid groups (broad SMARTS) is 1. The number of piperidine rings is 1. The summed E-state index contributed by atoms with van der Waals surface area (Å²) in [6.07, 6.45) is 0.899. The Morgan fingerprint density at radius 1 is 1.37 bits per heavy atom. The number of likely N-dealkylation sites (N-methyl/N-ethyl adjacent to an activating group) is 1. The monoisotopic (exact) mass is 563 g/mol. The van der Waals surface area contributed by atoms with Gasteiger partial charge in [-0.1, -0.05) is 5.16 Å². The fraction of sp³-hybridized carbons (Fsp3) is 0.565. The molecule has 38 heavy (non-hydrogen) atoms. The molecule has 3 aliphatic heterocycles. The molecule has 0 bridgehead atoms. The van der Waals surface area contributed by atoms with Crippen molar-refractivity contribution in [3.05, 3.63) is 22.3 Å². The van der Waals surface area contributed by atoms with Crippen LogP contribution in [0, 0.1) is 17.8 Å². The van der Waals surface area contributed by atoms with Gasteiger partial charge in [0.1, 0.15) is 30.8 Å². The van der Waals surface area contributed by atoms with E-state index in [0.717, 1.165) is 30.8 Å². The fourth-order valence-electron chi connectivity index (χ4n) is 6.00. The second-order valence-corrected chi connectivity index (χ2v) is 12.2. The molecule has 0 aromatic carbocycles. The summed E-state index contributed by atoms with van der Waals surface area (Å²) in [6, 6.07) is -0.943. The SMILES string of the molecule is CNC(=O)C1C2CC[N+](C)(CC3=C(C(=O)[O-])N4C(=O)[C@@H](NC(=O)/C(=N\OC)c5csc(N)n5)[C@@H]4SC3)CC21. The molecular weight excluding hydrogens is 534 g/mol. The number of hydrogen-bond acceptors (Lipinski definition) is 11. The lowest BCUT2D eigenvalue weighted by Gasteiger charge is -2.51. The van der Waals surface area contributed by atoms with Gasteiger partial charge in [0.05, 0.1) is 31.8 Å². The van der Waals surface area contributed by atoms with E-state index in [1.807, 2.05) is 0 Å². The highest BCUT2D eigenvalue weighted by atomic mass is 32.2. The van der Waals surface area contributed by atoms with Gasteiger partial charge in [-0.2, -0.15) is 0 Å². The number of rotatable bonds is 8. The number of aromatic nitrogens is 1. The lowest BCUT2D eigenvalue weighted by atomic mass is 10.0. The van der Waals surface area contributed by atoms with Gasteiger partial charge in [-0.15, -0.1) is 23.1 Å². The molecule has 204 valence electrons. The number of thioether (sulfide) groups is 1. The molecule has 15 heteroatoms. The lowest BCUT2D eigenvalue weighted by molar-refractivity contribution is -0.910. The summed E-state index contributed by atoms with van der Waals surface area (Å²) >= 11 is 2.52. The predicted molar refractivity (Wildman–Crippen MR) is 137 cm³/mol. The number of nitrogens with two attached hydrogens (primary N) is 1. The van der Waals surface area contributed by atoms with E-state index in [4.69, 9.17) is 10.6 Å². The van der Waals surface area contributed by atoms with Crippen LogP contribution in [0.25, 0.3) is 0 Å². The zero-order valence-electron chi connectivity index (χ0n) is 21.1. The number of carboxylic acids is 1. The van der Waals surface area contributed by atoms with Crippen LogP contribution in [0.4, 0.5) is 5.13 Å². The standard InChI is InChI=1S/C23H29N7O6S2/c1-25-18(31)14-11-4-5-30(2,7-12(11)14)6-10-8-37-21-16(20(33)29(21)17(10)22(34)35)27-19(32)15(28-36-3)13-9-38-23(24)26-13/h9,11-12,14,16,21H,4-8H2,1-3H3,(H4-,24,25,26,27,31,32,34,35)/b28-15-/t11?,12?,14?,16-,21+,30?/m1/s1. The van der Waals surface area contributed by atoms with Gasteiger partial charge in [0.2, 0.25) is 5.91 Å². The molecule has 4 aliphatic rings. The minimum atomic E-state index is -1.42. The van der Waals surface area contributed by atoms with E-state index in [1.54, 1.807) is 12.4 Å². The zero-order valence-corrected chi connectivity index (χ0v) is 22.8. The van der Waals surface area contributed by atoms with Crippen LogP contribution in [0.5, 0.6) is 0 Å². The van der Waals surface area contributed by atoms with Crippen LogP contribution in [0.3, 0.4) is 0 Å². The summed E-state index contributed by atoms with van der Waals surface area (Å²) < 4.78 is 0.599. The number of fused-ring (bicyclic) bond motifs is 2. The van der Waals surface area contributed by atoms with E-state index in [9.17, 15) is 24.3 Å². The first-order valence-electron chi connectivity index (χ1n) is 12.1. The Morgan fingerprint density at radius 3 is 2.76 bits per heavy atom. The van der Waals surface area contributed by atoms with Gasteiger partial charge in [0, 0.05) is 42.0 Å². The van der Waals surface area contributed by atoms with E-state index in [0.29, 0.717) is 28.3 Å². The number of thiazole rings is 1. The Hall–Kier alpha value is -3.17. The van der Waals surface area contributed by atoms with Crippen LogP contribution < -0.4 is 21.5 Å². The minimum absolute atomic E-state index is 0.0215. The smallest absolute Gasteiger partial charge is 0.276 e. The zero-order chi connectivity index (χ0) is 27.4. The largest absolute Gasteiger partial charge is 0.543 e. The number of oxime groups is 1. The van der Waals surface area contributed by atoms with Crippen LogP contribution in [-0.4, -0.2) is 102 Å². The molecule has 0 radical (unpaired) electrons. The normalized spacial score (nSPS) is 32.1. The molecule has 4 N–H and O–H groups in total. The predicted octanol–water partition coefficient (Wildman–Crippen LogP) is -2.06. The van der Waals surface area contributed by atoms with E-state index in [2.05, 4.69) is 27.8 Å². The van der Waals surface area contributed by atoms with Crippen LogP contribution in [0.2, 0.25) is 0 Å². The van der Waals surface area contributed by atoms with Crippen molar-refractivity contribution in [3.63, 3.8) is 0 Å². The quantitative estimate of drug-likeness (QED) is 0.139. The summed E-state index contributed by atoms with van der Waals surface area (Å²) in [5, 5.41) is 22.5. The molecule has 1 aromatic heterocycles. The highest BCUT2D eigenvalue weighted by Gasteiger charge is 2.60. The van der Waals surface area contributed by atoms with Gasteiger partial charge in [-0.25, -0.2) is 4.98 Å². The number of aliphatic carboxylic acids is 1. The Labute approximate surface area is 227 Å². The van der Waals surface area contributed by atoms with Gasteiger partial charge < -0.3 is 35.6 Å². The van der Waals surface area contributed by atoms with Crippen molar-refractivity contribution in [1.82, 2.24) is 20.5 Å². The number of nitrogens with zero attached hydrogens (tertiary/aromatic N) is 4. The summed E-state index contributed by atoms with van der Waals surface area (Å²) in [5.41, 5.74) is 6.23. The molecule has 3 amide bonds. The van der Waals surface area contributed by atoms with Crippen molar-refractivity contribution >= 4 is 57.6 Å². The maximum absolute atomic E-state index is 13.1. The number of likely N-dealkylation sites (tertiary alicyclic amines) is 1. The molecule has 4 unspecified atom stereocenters. The number of β-lactam (4-membered cyclic amide) rings is 1. The van der Waals surface area contributed by atoms with Crippen LogP contribution in [0.1, 0.15) is 12.1 Å². The van der Waals surface area contributed by atoms with Crippen molar-refractivity contribution < 1.29 is 33.6 Å². The highest BCUT2D eigenvalue weighted by molar-refractivity contribution is 8.00. The molecule has 6 atom stereocenters. The van der Waals surface area contributed by atoms with Gasteiger partial charge >= 0.3 is 0 Å². The minimum Gasteiger partial charge on any atom is -0.543 e. The van der Waals surface area contributed by atoms with Crippen molar-refractivity contribution in [2.45, 2.75) is 17.8 Å². The van der Waals surface area contributed by atoms with Gasteiger partial charge in [0.25, 0.3) is 11.8 Å². The summed E-state index contributed by atoms with van der Waals surface area (Å²) in [5.74, 6) is -1.50. The third-order valence-electron chi connectivity index (χ3n) is 7.80. The molecule has 1 aromatic rings. The molecule has 2 saturated heterocycles. The maximum Gasteiger partial charge on any atom is 0.276 e. The Balaban J connectivity index is 1.30. The number of anilines is 1. The third-order valence-corrected chi connectivity index (χ3v) is 9.81.